The smallest absolute Gasteiger partial charge is 0.122 e. The molecule has 3 heteroatoms. The Hall–Kier alpha value is -1.09. The van der Waals surface area contributed by atoms with E-state index in [-0.39, 0.29) is 0 Å². The van der Waals surface area contributed by atoms with Gasteiger partial charge in [0.15, 0.2) is 0 Å². The molecule has 0 spiro atoms. The lowest BCUT2D eigenvalue weighted by molar-refractivity contribution is 0.357. The number of hydrogen-bond donors (Lipinski definition) is 2. The van der Waals surface area contributed by atoms with Crippen LogP contribution in [0, 0.1) is 0 Å². The van der Waals surface area contributed by atoms with Crippen LogP contribution in [-0.4, -0.2) is 6.61 Å². The summed E-state index contributed by atoms with van der Waals surface area (Å²) in [5.74, 6) is 0.982. The summed E-state index contributed by atoms with van der Waals surface area (Å²) in [6, 6.07) is 5.97. The lowest BCUT2D eigenvalue weighted by Crippen LogP contribution is -1.95. The molecule has 1 aliphatic rings. The van der Waals surface area contributed by atoms with E-state index in [9.17, 15) is 0 Å². The molecule has 0 unspecified atom stereocenters. The second kappa shape index (κ2) is 3.34. The van der Waals surface area contributed by atoms with Gasteiger partial charge in [-0.1, -0.05) is 0 Å². The zero-order chi connectivity index (χ0) is 9.26. The van der Waals surface area contributed by atoms with E-state index < -0.39 is 0 Å². The Labute approximate surface area is 82.8 Å². The van der Waals surface area contributed by atoms with Gasteiger partial charge in [0.1, 0.15) is 5.75 Å². The molecule has 13 heavy (non-hydrogen) atoms. The van der Waals surface area contributed by atoms with E-state index in [4.69, 9.17) is 10.5 Å². The van der Waals surface area contributed by atoms with Crippen LogP contribution in [0.15, 0.2) is 23.6 Å². The third-order valence-electron chi connectivity index (χ3n) is 2.16. The van der Waals surface area contributed by atoms with Crippen LogP contribution < -0.4 is 10.5 Å². The predicted octanol–water partition coefficient (Wildman–Crippen LogP) is 1.81. The lowest BCUT2D eigenvalue weighted by atomic mass is 10.1. The summed E-state index contributed by atoms with van der Waals surface area (Å²) in [6.45, 7) is 0.781. The van der Waals surface area contributed by atoms with Gasteiger partial charge in [-0.2, -0.15) is 0 Å². The first kappa shape index (κ1) is 8.51. The zero-order valence-corrected chi connectivity index (χ0v) is 8.05. The second-order valence-electron chi connectivity index (χ2n) is 3.01. The standard InChI is InChI=1S/C10H11NOS/c11-9(6-13)7-1-2-10-8(5-7)3-4-12-10/h1-2,5-6,13H,3-4,11H2/b9-6-. The highest BCUT2D eigenvalue weighted by atomic mass is 32.1. The minimum absolute atomic E-state index is 0.693. The molecule has 0 radical (unpaired) electrons. The van der Waals surface area contributed by atoms with Gasteiger partial charge in [-0.15, -0.1) is 12.6 Å². The van der Waals surface area contributed by atoms with Crippen molar-refractivity contribution in [3.05, 3.63) is 34.7 Å². The highest BCUT2D eigenvalue weighted by Crippen LogP contribution is 2.27. The number of benzene rings is 1. The van der Waals surface area contributed by atoms with E-state index in [1.54, 1.807) is 5.41 Å². The molecular weight excluding hydrogens is 182 g/mol. The van der Waals surface area contributed by atoms with Gasteiger partial charge in [-0.05, 0) is 34.7 Å². The molecule has 2 nitrogen and oxygen atoms in total. The fourth-order valence-corrected chi connectivity index (χ4v) is 1.59. The van der Waals surface area contributed by atoms with Crippen molar-refractivity contribution in [2.75, 3.05) is 6.61 Å². The Kier molecular flexibility index (Phi) is 2.19. The van der Waals surface area contributed by atoms with Crippen LogP contribution >= 0.6 is 12.6 Å². The van der Waals surface area contributed by atoms with Gasteiger partial charge in [0.25, 0.3) is 0 Å². The van der Waals surface area contributed by atoms with E-state index in [0.717, 1.165) is 24.3 Å². The molecule has 0 fully saturated rings. The molecule has 1 heterocycles. The summed E-state index contributed by atoms with van der Waals surface area (Å²) in [6.07, 6.45) is 0.975. The van der Waals surface area contributed by atoms with Gasteiger partial charge < -0.3 is 10.5 Å². The van der Waals surface area contributed by atoms with Crippen molar-refractivity contribution in [2.24, 2.45) is 5.73 Å². The van der Waals surface area contributed by atoms with Crippen LogP contribution in [0.5, 0.6) is 5.75 Å². The number of rotatable bonds is 1. The maximum Gasteiger partial charge on any atom is 0.122 e. The van der Waals surface area contributed by atoms with Crippen LogP contribution in [-0.2, 0) is 6.42 Å². The zero-order valence-electron chi connectivity index (χ0n) is 7.16. The van der Waals surface area contributed by atoms with E-state index >= 15 is 0 Å². The van der Waals surface area contributed by atoms with Crippen molar-refractivity contribution in [3.63, 3.8) is 0 Å². The van der Waals surface area contributed by atoms with Crippen LogP contribution in [0.25, 0.3) is 5.70 Å². The molecule has 0 amide bonds. The SMILES string of the molecule is N/C(=C\S)c1ccc2c(c1)CCO2. The Bertz CT molecular complexity index is 360. The number of nitrogens with two attached hydrogens (primary N) is 1. The summed E-state index contributed by atoms with van der Waals surface area (Å²) in [7, 11) is 0. The molecular formula is C10H11NOS. The van der Waals surface area contributed by atoms with Gasteiger partial charge in [0, 0.05) is 12.1 Å². The third kappa shape index (κ3) is 1.52. The van der Waals surface area contributed by atoms with Crippen LogP contribution in [0.1, 0.15) is 11.1 Å². The molecule has 0 aromatic heterocycles. The van der Waals surface area contributed by atoms with E-state index in [0.29, 0.717) is 5.70 Å². The maximum absolute atomic E-state index is 5.73. The molecule has 0 aliphatic carbocycles. The van der Waals surface area contributed by atoms with Crippen molar-refractivity contribution in [1.82, 2.24) is 0 Å². The van der Waals surface area contributed by atoms with E-state index in [2.05, 4.69) is 18.7 Å². The van der Waals surface area contributed by atoms with Crippen molar-refractivity contribution < 1.29 is 4.74 Å². The van der Waals surface area contributed by atoms with Crippen molar-refractivity contribution >= 4 is 18.3 Å². The summed E-state index contributed by atoms with van der Waals surface area (Å²) in [5, 5.41) is 1.61. The first-order chi connectivity index (χ1) is 6.31. The Balaban J connectivity index is 2.41. The molecule has 1 aromatic rings. The fourth-order valence-electron chi connectivity index (χ4n) is 1.44. The number of thiol groups is 1. The lowest BCUT2D eigenvalue weighted by Gasteiger charge is -2.03. The quantitative estimate of drug-likeness (QED) is 0.667. The van der Waals surface area contributed by atoms with Crippen LogP contribution in [0.2, 0.25) is 0 Å². The molecule has 2 rings (SSSR count). The number of hydrogen-bond acceptors (Lipinski definition) is 3. The molecule has 1 aromatic carbocycles. The van der Waals surface area contributed by atoms with Gasteiger partial charge in [0.05, 0.1) is 6.61 Å². The minimum atomic E-state index is 0.693. The monoisotopic (exact) mass is 193 g/mol. The van der Waals surface area contributed by atoms with Crippen molar-refractivity contribution in [1.29, 1.82) is 0 Å². The summed E-state index contributed by atoms with van der Waals surface area (Å²) in [4.78, 5) is 0. The topological polar surface area (TPSA) is 35.2 Å². The predicted molar refractivity (Wildman–Crippen MR) is 56.8 cm³/mol. The highest BCUT2D eigenvalue weighted by Gasteiger charge is 2.12. The molecule has 68 valence electrons. The summed E-state index contributed by atoms with van der Waals surface area (Å²) in [5.41, 5.74) is 8.67. The van der Waals surface area contributed by atoms with Gasteiger partial charge in [-0.3, -0.25) is 0 Å². The largest absolute Gasteiger partial charge is 0.493 e. The highest BCUT2D eigenvalue weighted by molar-refractivity contribution is 7.83. The Morgan fingerprint density at radius 1 is 1.54 bits per heavy atom. The molecule has 1 aliphatic heterocycles. The average Bonchev–Trinajstić information content (AvgIpc) is 2.63. The third-order valence-corrected chi connectivity index (χ3v) is 2.44. The van der Waals surface area contributed by atoms with Crippen molar-refractivity contribution in [3.8, 4) is 5.75 Å². The Morgan fingerprint density at radius 3 is 3.15 bits per heavy atom. The minimum Gasteiger partial charge on any atom is -0.493 e. The van der Waals surface area contributed by atoms with Gasteiger partial charge >= 0.3 is 0 Å². The Morgan fingerprint density at radius 2 is 2.38 bits per heavy atom. The van der Waals surface area contributed by atoms with Gasteiger partial charge in [-0.25, -0.2) is 0 Å². The van der Waals surface area contributed by atoms with Crippen molar-refractivity contribution in [2.45, 2.75) is 6.42 Å². The molecule has 0 bridgehead atoms. The van der Waals surface area contributed by atoms with E-state index in [1.807, 2.05) is 12.1 Å². The molecule has 0 saturated heterocycles. The fraction of sp³-hybridized carbons (Fsp3) is 0.200. The first-order valence-electron chi connectivity index (χ1n) is 4.17. The normalized spacial score (nSPS) is 15.3. The van der Waals surface area contributed by atoms with Crippen LogP contribution in [0.4, 0.5) is 0 Å². The maximum atomic E-state index is 5.73. The number of fused-ring (bicyclic) bond motifs is 1. The molecule has 0 atom stereocenters. The molecule has 2 N–H and O–H groups in total. The first-order valence-corrected chi connectivity index (χ1v) is 4.69. The van der Waals surface area contributed by atoms with E-state index in [1.165, 1.54) is 5.56 Å². The van der Waals surface area contributed by atoms with Gasteiger partial charge in [0.2, 0.25) is 0 Å². The average molecular weight is 193 g/mol. The molecule has 0 saturated carbocycles. The summed E-state index contributed by atoms with van der Waals surface area (Å²) < 4.78 is 5.39. The summed E-state index contributed by atoms with van der Waals surface area (Å²) >= 11 is 4.01. The second-order valence-corrected chi connectivity index (χ2v) is 3.26. The van der Waals surface area contributed by atoms with Crippen LogP contribution in [0.3, 0.4) is 0 Å². The number of ether oxygens (including phenoxy) is 1.